The van der Waals surface area contributed by atoms with Gasteiger partial charge in [0.15, 0.2) is 0 Å². The van der Waals surface area contributed by atoms with Gasteiger partial charge in [-0.25, -0.2) is 0 Å². The summed E-state index contributed by atoms with van der Waals surface area (Å²) in [5, 5.41) is 3.37. The molecule has 0 amide bonds. The highest BCUT2D eigenvalue weighted by Gasteiger charge is 2.43. The largest absolute Gasteiger partial charge is 0.319 e. The zero-order valence-corrected chi connectivity index (χ0v) is 10.7. The summed E-state index contributed by atoms with van der Waals surface area (Å²) in [5.41, 5.74) is 3.30. The first-order valence-electron chi connectivity index (χ1n) is 6.42. The van der Waals surface area contributed by atoms with Crippen LogP contribution in [0.25, 0.3) is 0 Å². The quantitative estimate of drug-likeness (QED) is 0.816. The van der Waals surface area contributed by atoms with E-state index in [0.29, 0.717) is 5.41 Å². The van der Waals surface area contributed by atoms with Crippen molar-refractivity contribution in [2.24, 2.45) is 5.92 Å². The maximum Gasteiger partial charge on any atom is 0.00829 e. The second-order valence-electron chi connectivity index (χ2n) is 5.36. The van der Waals surface area contributed by atoms with E-state index in [-0.39, 0.29) is 0 Å². The lowest BCUT2D eigenvalue weighted by Gasteiger charge is -2.48. The number of hydrogen-bond acceptors (Lipinski definition) is 1. The normalized spacial score (nSPS) is 28.8. The van der Waals surface area contributed by atoms with Crippen LogP contribution in [0.3, 0.4) is 0 Å². The maximum atomic E-state index is 3.37. The Morgan fingerprint density at radius 3 is 2.38 bits per heavy atom. The van der Waals surface area contributed by atoms with Gasteiger partial charge >= 0.3 is 0 Å². The van der Waals surface area contributed by atoms with Crippen molar-refractivity contribution in [3.63, 3.8) is 0 Å². The molecule has 1 fully saturated rings. The summed E-state index contributed by atoms with van der Waals surface area (Å²) in [6, 6.07) is 9.12. The van der Waals surface area contributed by atoms with Gasteiger partial charge in [-0.1, -0.05) is 43.2 Å². The Hall–Kier alpha value is -0.820. The van der Waals surface area contributed by atoms with Crippen LogP contribution in [0, 0.1) is 12.8 Å². The maximum absolute atomic E-state index is 3.37. The minimum Gasteiger partial charge on any atom is -0.319 e. The van der Waals surface area contributed by atoms with Gasteiger partial charge in [0, 0.05) is 12.0 Å². The number of nitrogens with one attached hydrogen (secondary N) is 1. The molecular formula is C15H23N. The minimum atomic E-state index is 0.420. The van der Waals surface area contributed by atoms with Crippen LogP contribution in [-0.2, 0) is 5.41 Å². The molecule has 1 aromatic carbocycles. The first-order chi connectivity index (χ1) is 7.70. The van der Waals surface area contributed by atoms with Gasteiger partial charge in [0.2, 0.25) is 0 Å². The van der Waals surface area contributed by atoms with E-state index in [4.69, 9.17) is 0 Å². The number of hydrogen-bond donors (Lipinski definition) is 1. The molecule has 0 atom stereocenters. The summed E-state index contributed by atoms with van der Waals surface area (Å²) in [6.45, 7) is 5.58. The molecule has 2 rings (SSSR count). The molecule has 1 saturated carbocycles. The zero-order chi connectivity index (χ0) is 11.6. The van der Waals surface area contributed by atoms with Crippen molar-refractivity contribution in [3.8, 4) is 0 Å². The fourth-order valence-corrected chi connectivity index (χ4v) is 3.06. The summed E-state index contributed by atoms with van der Waals surface area (Å²) in [4.78, 5) is 0. The molecule has 1 aromatic rings. The Balaban J connectivity index is 2.17. The zero-order valence-electron chi connectivity index (χ0n) is 10.7. The van der Waals surface area contributed by atoms with Crippen molar-refractivity contribution >= 4 is 0 Å². The summed E-state index contributed by atoms with van der Waals surface area (Å²) in [7, 11) is 2.06. The first kappa shape index (κ1) is 11.7. The van der Waals surface area contributed by atoms with Crippen molar-refractivity contribution in [2.75, 3.05) is 13.6 Å². The Morgan fingerprint density at radius 2 is 1.88 bits per heavy atom. The summed E-state index contributed by atoms with van der Waals surface area (Å²) < 4.78 is 0. The second kappa shape index (κ2) is 4.58. The Morgan fingerprint density at radius 1 is 1.25 bits per heavy atom. The molecule has 0 radical (unpaired) electrons. The third-order valence-corrected chi connectivity index (χ3v) is 4.12. The average Bonchev–Trinajstić information content (AvgIpc) is 2.24. The van der Waals surface area contributed by atoms with Gasteiger partial charge in [-0.3, -0.25) is 0 Å². The smallest absolute Gasteiger partial charge is 0.00829 e. The average molecular weight is 217 g/mol. The van der Waals surface area contributed by atoms with Crippen molar-refractivity contribution in [3.05, 3.63) is 35.4 Å². The first-order valence-corrected chi connectivity index (χ1v) is 6.42. The van der Waals surface area contributed by atoms with Gasteiger partial charge in [0.25, 0.3) is 0 Å². The second-order valence-corrected chi connectivity index (χ2v) is 5.36. The topological polar surface area (TPSA) is 12.0 Å². The summed E-state index contributed by atoms with van der Waals surface area (Å²) >= 11 is 0. The summed E-state index contributed by atoms with van der Waals surface area (Å²) in [6.07, 6.45) is 4.04. The lowest BCUT2D eigenvalue weighted by atomic mass is 9.58. The SMILES string of the molecule is CCC1CC(CNC)(c2ccc(C)cc2)C1. The van der Waals surface area contributed by atoms with Crippen LogP contribution >= 0.6 is 0 Å². The number of aryl methyl sites for hydroxylation is 1. The van der Waals surface area contributed by atoms with E-state index in [1.807, 2.05) is 0 Å². The molecule has 1 nitrogen and oxygen atoms in total. The molecule has 1 heteroatoms. The van der Waals surface area contributed by atoms with Crippen LogP contribution < -0.4 is 5.32 Å². The van der Waals surface area contributed by atoms with Gasteiger partial charge in [0.1, 0.15) is 0 Å². The van der Waals surface area contributed by atoms with E-state index < -0.39 is 0 Å². The van der Waals surface area contributed by atoms with Gasteiger partial charge in [-0.2, -0.15) is 0 Å². The van der Waals surface area contributed by atoms with E-state index in [9.17, 15) is 0 Å². The van der Waals surface area contributed by atoms with Crippen LogP contribution in [0.1, 0.15) is 37.3 Å². The molecule has 16 heavy (non-hydrogen) atoms. The minimum absolute atomic E-state index is 0.420. The Labute approximate surface area is 99.3 Å². The fourth-order valence-electron chi connectivity index (χ4n) is 3.06. The molecule has 1 aliphatic rings. The third-order valence-electron chi connectivity index (χ3n) is 4.12. The van der Waals surface area contributed by atoms with E-state index >= 15 is 0 Å². The Bertz CT molecular complexity index is 333. The standard InChI is InChI=1S/C15H23N/c1-4-13-9-15(10-13,11-16-3)14-7-5-12(2)6-8-14/h5-8,13,16H,4,9-11H2,1-3H3. The van der Waals surface area contributed by atoms with E-state index in [0.717, 1.165) is 12.5 Å². The molecule has 1 N–H and O–H groups in total. The Kier molecular flexibility index (Phi) is 3.34. The van der Waals surface area contributed by atoms with Crippen LogP contribution in [0.2, 0.25) is 0 Å². The molecule has 0 aromatic heterocycles. The molecule has 0 bridgehead atoms. The van der Waals surface area contributed by atoms with Crippen LogP contribution in [-0.4, -0.2) is 13.6 Å². The highest BCUT2D eigenvalue weighted by molar-refractivity contribution is 5.32. The predicted molar refractivity (Wildman–Crippen MR) is 69.8 cm³/mol. The number of rotatable bonds is 4. The molecule has 0 unspecified atom stereocenters. The number of benzene rings is 1. The highest BCUT2D eigenvalue weighted by atomic mass is 14.8. The fraction of sp³-hybridized carbons (Fsp3) is 0.600. The van der Waals surface area contributed by atoms with Crippen molar-refractivity contribution in [2.45, 2.75) is 38.5 Å². The van der Waals surface area contributed by atoms with E-state index in [2.05, 4.69) is 50.5 Å². The monoisotopic (exact) mass is 217 g/mol. The molecule has 0 spiro atoms. The highest BCUT2D eigenvalue weighted by Crippen LogP contribution is 2.48. The molecule has 0 aliphatic heterocycles. The summed E-state index contributed by atoms with van der Waals surface area (Å²) in [5.74, 6) is 0.939. The van der Waals surface area contributed by atoms with E-state index in [1.165, 1.54) is 30.4 Å². The molecule has 1 aliphatic carbocycles. The van der Waals surface area contributed by atoms with Crippen molar-refractivity contribution in [1.29, 1.82) is 0 Å². The molecular weight excluding hydrogens is 194 g/mol. The lowest BCUT2D eigenvalue weighted by molar-refractivity contribution is 0.136. The number of likely N-dealkylation sites (N-methyl/N-ethyl adjacent to an activating group) is 1. The van der Waals surface area contributed by atoms with Gasteiger partial charge in [-0.15, -0.1) is 0 Å². The van der Waals surface area contributed by atoms with Gasteiger partial charge in [0.05, 0.1) is 0 Å². The van der Waals surface area contributed by atoms with E-state index in [1.54, 1.807) is 0 Å². The molecule has 0 saturated heterocycles. The van der Waals surface area contributed by atoms with Gasteiger partial charge in [-0.05, 0) is 38.3 Å². The van der Waals surface area contributed by atoms with Crippen molar-refractivity contribution < 1.29 is 0 Å². The van der Waals surface area contributed by atoms with Crippen LogP contribution in [0.15, 0.2) is 24.3 Å². The third kappa shape index (κ3) is 2.01. The predicted octanol–water partition coefficient (Wildman–Crippen LogP) is 3.27. The lowest BCUT2D eigenvalue weighted by Crippen LogP contribution is -2.47. The van der Waals surface area contributed by atoms with Gasteiger partial charge < -0.3 is 5.32 Å². The van der Waals surface area contributed by atoms with Crippen molar-refractivity contribution in [1.82, 2.24) is 5.32 Å². The van der Waals surface area contributed by atoms with Crippen LogP contribution in [0.5, 0.6) is 0 Å². The van der Waals surface area contributed by atoms with Crippen LogP contribution in [0.4, 0.5) is 0 Å². The molecule has 88 valence electrons. The molecule has 0 heterocycles.